The molecule has 1 saturated heterocycles. The van der Waals surface area contributed by atoms with Gasteiger partial charge in [0.25, 0.3) is 0 Å². The lowest BCUT2D eigenvalue weighted by atomic mass is 9.98. The first-order valence-corrected chi connectivity index (χ1v) is 9.74. The predicted molar refractivity (Wildman–Crippen MR) is 96.4 cm³/mol. The van der Waals surface area contributed by atoms with E-state index in [2.05, 4.69) is 4.72 Å². The molecule has 1 aliphatic rings. The lowest BCUT2D eigenvalue weighted by Gasteiger charge is -2.39. The molecule has 5 nitrogen and oxygen atoms in total. The predicted octanol–water partition coefficient (Wildman–Crippen LogP) is 3.96. The Morgan fingerprint density at radius 3 is 2.48 bits per heavy atom. The van der Waals surface area contributed by atoms with Gasteiger partial charge >= 0.3 is 6.09 Å². The first-order chi connectivity index (χ1) is 10.5. The molecule has 0 aromatic carbocycles. The molecule has 0 aliphatic carbocycles. The monoisotopic (exact) mass is 358 g/mol. The third-order valence-corrected chi connectivity index (χ3v) is 5.96. The standard InChI is InChI=1S/C16H26N2O3S2/c1-15(2,3)21-14(19)18-9-11(10-18)13-12(7-8-22-13)17-23(20)16(4,5)6/h7-8,11,17H,9-10H2,1-6H3. The van der Waals surface area contributed by atoms with Gasteiger partial charge in [0.05, 0.1) is 17.0 Å². The number of hydrogen-bond acceptors (Lipinski definition) is 5. The van der Waals surface area contributed by atoms with Crippen LogP contribution in [0.5, 0.6) is 0 Å². The van der Waals surface area contributed by atoms with Gasteiger partial charge in [0.2, 0.25) is 0 Å². The van der Waals surface area contributed by atoms with E-state index >= 15 is 0 Å². The molecule has 2 rings (SSSR count). The molecule has 1 amide bonds. The number of anilines is 1. The molecule has 0 saturated carbocycles. The number of likely N-dealkylation sites (tertiary alicyclic amines) is 1. The number of nitrogens with one attached hydrogen (secondary N) is 1. The lowest BCUT2D eigenvalue weighted by Crippen LogP contribution is -2.50. The Labute approximate surface area is 145 Å². The van der Waals surface area contributed by atoms with Crippen LogP contribution in [-0.2, 0) is 16.1 Å². The van der Waals surface area contributed by atoms with Crippen molar-refractivity contribution in [1.29, 1.82) is 0 Å². The van der Waals surface area contributed by atoms with E-state index in [4.69, 9.17) is 4.74 Å². The Bertz CT molecular complexity index is 554. The molecular weight excluding hydrogens is 332 g/mol. The van der Waals surface area contributed by atoms with Crippen LogP contribution < -0.4 is 4.72 Å². The Kier molecular flexibility index (Phi) is 5.23. The van der Waals surface area contributed by atoms with E-state index < -0.39 is 17.0 Å². The second-order valence-corrected chi connectivity index (χ2v) is 10.7. The highest BCUT2D eigenvalue weighted by Crippen LogP contribution is 2.38. The Morgan fingerprint density at radius 2 is 1.96 bits per heavy atom. The van der Waals surface area contributed by atoms with E-state index in [-0.39, 0.29) is 16.8 Å². The molecule has 0 bridgehead atoms. The topological polar surface area (TPSA) is 64.6 Å². The van der Waals surface area contributed by atoms with E-state index in [9.17, 15) is 9.35 Å². The molecule has 0 spiro atoms. The number of rotatable bonds is 3. The number of carbonyl (C=O) groups is 1. The van der Waals surface area contributed by atoms with Crippen molar-refractivity contribution in [2.24, 2.45) is 0 Å². The largest absolute Gasteiger partial charge is 0.593 e. The molecule has 1 fully saturated rings. The van der Waals surface area contributed by atoms with E-state index in [1.165, 1.54) is 0 Å². The fraction of sp³-hybridized carbons (Fsp3) is 0.688. The second-order valence-electron chi connectivity index (χ2n) is 7.76. The van der Waals surface area contributed by atoms with Crippen LogP contribution in [0.15, 0.2) is 11.4 Å². The normalized spacial score (nSPS) is 17.6. The van der Waals surface area contributed by atoms with E-state index in [0.29, 0.717) is 13.1 Å². The minimum atomic E-state index is -1.15. The van der Waals surface area contributed by atoms with Crippen molar-refractivity contribution < 1.29 is 14.1 Å². The van der Waals surface area contributed by atoms with Gasteiger partial charge < -0.3 is 14.2 Å². The molecule has 1 unspecified atom stereocenters. The minimum Gasteiger partial charge on any atom is -0.593 e. The summed E-state index contributed by atoms with van der Waals surface area (Å²) in [5, 5.41) is 1.99. The average molecular weight is 359 g/mol. The van der Waals surface area contributed by atoms with Crippen molar-refractivity contribution in [3.05, 3.63) is 16.3 Å². The first kappa shape index (κ1) is 18.4. The molecule has 1 aliphatic heterocycles. The third kappa shape index (κ3) is 4.78. The zero-order valence-corrected chi connectivity index (χ0v) is 16.3. The summed E-state index contributed by atoms with van der Waals surface area (Å²) in [6.45, 7) is 12.7. The minimum absolute atomic E-state index is 0.266. The molecule has 1 atom stereocenters. The second kappa shape index (κ2) is 6.53. The van der Waals surface area contributed by atoms with Crippen LogP contribution in [0.3, 0.4) is 0 Å². The summed E-state index contributed by atoms with van der Waals surface area (Å²) >= 11 is 0.486. The van der Waals surface area contributed by atoms with Gasteiger partial charge in [0, 0.05) is 23.9 Å². The summed E-state index contributed by atoms with van der Waals surface area (Å²) in [7, 11) is 0. The van der Waals surface area contributed by atoms with Gasteiger partial charge in [-0.15, -0.1) is 11.3 Å². The summed E-state index contributed by atoms with van der Waals surface area (Å²) in [5.41, 5.74) is 0.443. The first-order valence-electron chi connectivity index (χ1n) is 7.71. The van der Waals surface area contributed by atoms with Crippen LogP contribution >= 0.6 is 11.3 Å². The van der Waals surface area contributed by atoms with Crippen molar-refractivity contribution in [3.63, 3.8) is 0 Å². The van der Waals surface area contributed by atoms with Crippen LogP contribution in [-0.4, -0.2) is 39.0 Å². The Morgan fingerprint density at radius 1 is 1.35 bits per heavy atom. The van der Waals surface area contributed by atoms with Crippen molar-refractivity contribution in [2.45, 2.75) is 57.8 Å². The van der Waals surface area contributed by atoms with Crippen LogP contribution in [0.25, 0.3) is 0 Å². The van der Waals surface area contributed by atoms with E-state index in [0.717, 1.165) is 10.6 Å². The van der Waals surface area contributed by atoms with Crippen molar-refractivity contribution in [1.82, 2.24) is 4.90 Å². The highest BCUT2D eigenvalue weighted by atomic mass is 32.2. The molecule has 1 aromatic rings. The van der Waals surface area contributed by atoms with Crippen LogP contribution in [0, 0.1) is 0 Å². The van der Waals surface area contributed by atoms with E-state index in [1.54, 1.807) is 16.2 Å². The summed E-state index contributed by atoms with van der Waals surface area (Å²) in [6.07, 6.45) is -0.266. The zero-order chi connectivity index (χ0) is 17.4. The molecule has 0 radical (unpaired) electrons. The van der Waals surface area contributed by atoms with Crippen molar-refractivity contribution >= 4 is 34.5 Å². The maximum atomic E-state index is 12.3. The zero-order valence-electron chi connectivity index (χ0n) is 14.6. The molecule has 130 valence electrons. The van der Waals surface area contributed by atoms with Gasteiger partial charge in [-0.05, 0) is 53.0 Å². The number of thiophene rings is 1. The highest BCUT2D eigenvalue weighted by Gasteiger charge is 2.37. The number of ether oxygens (including phenoxy) is 1. The smallest absolute Gasteiger partial charge is 0.410 e. The molecular formula is C16H26N2O3S2. The number of carbonyl (C=O) groups excluding carboxylic acids is 1. The molecule has 23 heavy (non-hydrogen) atoms. The highest BCUT2D eigenvalue weighted by molar-refractivity contribution is 7.94. The average Bonchev–Trinajstić information content (AvgIpc) is 2.71. The SMILES string of the molecule is CC(C)(C)OC(=O)N1CC(c2sccc2N[S+]([O-])C(C)(C)C)C1. The van der Waals surface area contributed by atoms with Crippen LogP contribution in [0.2, 0.25) is 0 Å². The lowest BCUT2D eigenvalue weighted by molar-refractivity contribution is 0.00850. The summed E-state index contributed by atoms with van der Waals surface area (Å²) in [4.78, 5) is 14.9. The van der Waals surface area contributed by atoms with Crippen molar-refractivity contribution in [2.75, 3.05) is 17.8 Å². The fourth-order valence-corrected chi connectivity index (χ4v) is 3.78. The Balaban J connectivity index is 1.94. The number of nitrogens with zero attached hydrogens (tertiary/aromatic N) is 1. The third-order valence-electron chi connectivity index (χ3n) is 3.36. The van der Waals surface area contributed by atoms with Gasteiger partial charge in [-0.3, -0.25) is 0 Å². The fourth-order valence-electron chi connectivity index (χ4n) is 2.09. The quantitative estimate of drug-likeness (QED) is 0.831. The molecule has 1 N–H and O–H groups in total. The Hall–Kier alpha value is -0.920. The van der Waals surface area contributed by atoms with Crippen LogP contribution in [0.1, 0.15) is 52.3 Å². The number of amides is 1. The summed E-state index contributed by atoms with van der Waals surface area (Å²) in [6, 6.07) is 1.96. The number of hydrogen-bond donors (Lipinski definition) is 1. The maximum Gasteiger partial charge on any atom is 0.410 e. The molecule has 1 aromatic heterocycles. The van der Waals surface area contributed by atoms with Gasteiger partial charge in [0.15, 0.2) is 0 Å². The maximum absolute atomic E-state index is 12.3. The van der Waals surface area contributed by atoms with E-state index in [1.807, 2.05) is 53.0 Å². The van der Waals surface area contributed by atoms with Crippen LogP contribution in [0.4, 0.5) is 10.5 Å². The van der Waals surface area contributed by atoms with Gasteiger partial charge in [-0.1, -0.05) is 0 Å². The van der Waals surface area contributed by atoms with Gasteiger partial charge in [-0.2, -0.15) is 0 Å². The summed E-state index contributed by atoms with van der Waals surface area (Å²) in [5.74, 6) is 0.280. The van der Waals surface area contributed by atoms with Crippen molar-refractivity contribution in [3.8, 4) is 0 Å². The van der Waals surface area contributed by atoms with Gasteiger partial charge in [-0.25, -0.2) is 9.52 Å². The van der Waals surface area contributed by atoms with Gasteiger partial charge in [0.1, 0.15) is 10.3 Å². The molecule has 7 heteroatoms. The summed E-state index contributed by atoms with van der Waals surface area (Å²) < 4.78 is 20.4. The molecule has 2 heterocycles.